The fourth-order valence-electron chi connectivity index (χ4n) is 1.57. The van der Waals surface area contributed by atoms with Crippen molar-refractivity contribution in [1.82, 2.24) is 15.2 Å². The lowest BCUT2D eigenvalue weighted by Gasteiger charge is -2.26. The second-order valence-corrected chi connectivity index (χ2v) is 6.66. The van der Waals surface area contributed by atoms with Gasteiger partial charge in [0.1, 0.15) is 5.01 Å². The van der Waals surface area contributed by atoms with Crippen LogP contribution >= 0.6 is 33.9 Å². The molecule has 17 heavy (non-hydrogen) atoms. The van der Waals surface area contributed by atoms with Crippen LogP contribution in [0.2, 0.25) is 0 Å². The van der Waals surface area contributed by atoms with Crippen LogP contribution in [0.1, 0.15) is 5.01 Å². The molecule has 94 valence electrons. The number of hydrogen-bond donors (Lipinski definition) is 1. The lowest BCUT2D eigenvalue weighted by atomic mass is 10.4. The molecule has 0 unspecified atom stereocenters. The number of nitrogens with zero attached hydrogens (tertiary/aromatic N) is 2. The third-order valence-electron chi connectivity index (χ3n) is 2.44. The molecule has 2 heterocycles. The average molecular weight is 367 g/mol. The van der Waals surface area contributed by atoms with Crippen molar-refractivity contribution in [3.05, 3.63) is 14.1 Å². The lowest BCUT2D eigenvalue weighted by Crippen LogP contribution is -2.44. The number of morpholine rings is 1. The second kappa shape index (κ2) is 6.62. The van der Waals surface area contributed by atoms with Gasteiger partial charge in [0.25, 0.3) is 0 Å². The molecule has 1 aliphatic rings. The number of ether oxygens (including phenoxy) is 1. The monoisotopic (exact) mass is 367 g/mol. The summed E-state index contributed by atoms with van der Waals surface area (Å²) in [7, 11) is 0. The van der Waals surface area contributed by atoms with Gasteiger partial charge in [-0.2, -0.15) is 0 Å². The van der Waals surface area contributed by atoms with Crippen LogP contribution in [0.15, 0.2) is 6.20 Å². The van der Waals surface area contributed by atoms with Gasteiger partial charge in [-0.3, -0.25) is 4.79 Å². The Balaban J connectivity index is 1.69. The maximum absolute atomic E-state index is 11.8. The molecule has 0 radical (unpaired) electrons. The average Bonchev–Trinajstić information content (AvgIpc) is 2.76. The minimum absolute atomic E-state index is 0.138. The Morgan fingerprint density at radius 3 is 3.00 bits per heavy atom. The van der Waals surface area contributed by atoms with Crippen molar-refractivity contribution in [2.24, 2.45) is 0 Å². The molecule has 0 bridgehead atoms. The van der Waals surface area contributed by atoms with E-state index >= 15 is 0 Å². The molecule has 0 atom stereocenters. The maximum atomic E-state index is 11.8. The number of amides is 1. The zero-order valence-electron chi connectivity index (χ0n) is 9.32. The predicted octanol–water partition coefficient (Wildman–Crippen LogP) is 0.696. The van der Waals surface area contributed by atoms with E-state index in [1.807, 2.05) is 11.1 Å². The van der Waals surface area contributed by atoms with Crippen molar-refractivity contribution >= 4 is 39.8 Å². The molecule has 1 aliphatic heterocycles. The standard InChI is InChI=1S/C10H14IN3O2S/c11-8-5-13-9(17-8)6-12-7-10(15)14-1-3-16-4-2-14/h5,12H,1-4,6-7H2. The van der Waals surface area contributed by atoms with Gasteiger partial charge in [0, 0.05) is 19.6 Å². The molecule has 0 spiro atoms. The van der Waals surface area contributed by atoms with Crippen molar-refractivity contribution in [2.75, 3.05) is 32.8 Å². The van der Waals surface area contributed by atoms with Crippen LogP contribution in [-0.4, -0.2) is 48.6 Å². The highest BCUT2D eigenvalue weighted by atomic mass is 127. The number of nitrogens with one attached hydrogen (secondary N) is 1. The molecular weight excluding hydrogens is 353 g/mol. The van der Waals surface area contributed by atoms with Crippen molar-refractivity contribution in [3.8, 4) is 0 Å². The van der Waals surface area contributed by atoms with E-state index in [1.54, 1.807) is 11.3 Å². The van der Waals surface area contributed by atoms with Crippen LogP contribution in [0.5, 0.6) is 0 Å². The Morgan fingerprint density at radius 1 is 1.59 bits per heavy atom. The first-order valence-corrected chi connectivity index (χ1v) is 7.31. The molecule has 1 amide bonds. The molecule has 7 heteroatoms. The SMILES string of the molecule is O=C(CNCc1ncc(I)s1)N1CCOCC1. The Morgan fingerprint density at radius 2 is 2.35 bits per heavy atom. The van der Waals surface area contributed by atoms with Crippen LogP contribution in [0, 0.1) is 2.88 Å². The second-order valence-electron chi connectivity index (χ2n) is 3.65. The van der Waals surface area contributed by atoms with E-state index in [1.165, 1.54) is 2.88 Å². The highest BCUT2D eigenvalue weighted by molar-refractivity contribution is 14.1. The zero-order valence-corrected chi connectivity index (χ0v) is 12.3. The van der Waals surface area contributed by atoms with E-state index in [4.69, 9.17) is 4.74 Å². The van der Waals surface area contributed by atoms with Gasteiger partial charge in [-0.15, -0.1) is 11.3 Å². The van der Waals surface area contributed by atoms with Gasteiger partial charge in [0.15, 0.2) is 0 Å². The first kappa shape index (κ1) is 13.2. The number of halogens is 1. The summed E-state index contributed by atoms with van der Waals surface area (Å²) in [4.78, 5) is 17.8. The predicted molar refractivity (Wildman–Crippen MR) is 73.9 cm³/mol. The molecule has 2 rings (SSSR count). The molecule has 0 aromatic carbocycles. The molecule has 1 saturated heterocycles. The minimum Gasteiger partial charge on any atom is -0.378 e. The molecule has 1 fully saturated rings. The minimum atomic E-state index is 0.138. The van der Waals surface area contributed by atoms with Crippen molar-refractivity contribution < 1.29 is 9.53 Å². The quantitative estimate of drug-likeness (QED) is 0.796. The number of rotatable bonds is 4. The summed E-state index contributed by atoms with van der Waals surface area (Å²) < 4.78 is 6.37. The van der Waals surface area contributed by atoms with E-state index in [0.717, 1.165) is 5.01 Å². The number of hydrogen-bond acceptors (Lipinski definition) is 5. The van der Waals surface area contributed by atoms with Crippen LogP contribution in [0.25, 0.3) is 0 Å². The molecular formula is C10H14IN3O2S. The highest BCUT2D eigenvalue weighted by Gasteiger charge is 2.15. The summed E-state index contributed by atoms with van der Waals surface area (Å²) >= 11 is 3.88. The number of aromatic nitrogens is 1. The Hall–Kier alpha value is -0.250. The molecule has 1 aromatic heterocycles. The Kier molecular flexibility index (Phi) is 5.14. The van der Waals surface area contributed by atoms with Crippen molar-refractivity contribution in [3.63, 3.8) is 0 Å². The van der Waals surface area contributed by atoms with Crippen molar-refractivity contribution in [2.45, 2.75) is 6.54 Å². The third kappa shape index (κ3) is 4.16. The maximum Gasteiger partial charge on any atom is 0.236 e. The summed E-state index contributed by atoms with van der Waals surface area (Å²) in [6, 6.07) is 0. The Bertz CT molecular complexity index is 379. The van der Waals surface area contributed by atoms with Gasteiger partial charge < -0.3 is 15.0 Å². The van der Waals surface area contributed by atoms with E-state index in [2.05, 4.69) is 32.9 Å². The number of carbonyl (C=O) groups is 1. The smallest absolute Gasteiger partial charge is 0.236 e. The van der Waals surface area contributed by atoms with Crippen LogP contribution in [0.4, 0.5) is 0 Å². The summed E-state index contributed by atoms with van der Waals surface area (Å²) in [5, 5.41) is 4.14. The van der Waals surface area contributed by atoms with Gasteiger partial charge in [-0.1, -0.05) is 0 Å². The van der Waals surface area contributed by atoms with Crippen LogP contribution in [0.3, 0.4) is 0 Å². The number of carbonyl (C=O) groups excluding carboxylic acids is 1. The van der Waals surface area contributed by atoms with Crippen LogP contribution < -0.4 is 5.32 Å². The fraction of sp³-hybridized carbons (Fsp3) is 0.600. The summed E-state index contributed by atoms with van der Waals surface area (Å²) in [6.45, 7) is 3.73. The molecule has 1 N–H and O–H groups in total. The van der Waals surface area contributed by atoms with E-state index in [0.29, 0.717) is 39.4 Å². The van der Waals surface area contributed by atoms with Gasteiger partial charge >= 0.3 is 0 Å². The molecule has 5 nitrogen and oxygen atoms in total. The summed E-state index contributed by atoms with van der Waals surface area (Å²) in [6.07, 6.45) is 1.84. The van der Waals surface area contributed by atoms with E-state index < -0.39 is 0 Å². The molecule has 0 saturated carbocycles. The first-order chi connectivity index (χ1) is 8.25. The van der Waals surface area contributed by atoms with Gasteiger partial charge in [-0.05, 0) is 22.6 Å². The first-order valence-electron chi connectivity index (χ1n) is 5.42. The van der Waals surface area contributed by atoms with E-state index in [-0.39, 0.29) is 5.91 Å². The van der Waals surface area contributed by atoms with Gasteiger partial charge in [0.2, 0.25) is 5.91 Å². The van der Waals surface area contributed by atoms with Crippen LogP contribution in [-0.2, 0) is 16.1 Å². The lowest BCUT2D eigenvalue weighted by molar-refractivity contribution is -0.134. The Labute approximate surface area is 118 Å². The van der Waals surface area contributed by atoms with Gasteiger partial charge in [-0.25, -0.2) is 4.98 Å². The third-order valence-corrected chi connectivity index (χ3v) is 4.17. The summed E-state index contributed by atoms with van der Waals surface area (Å²) in [5.74, 6) is 0.138. The molecule has 1 aromatic rings. The highest BCUT2D eigenvalue weighted by Crippen LogP contribution is 2.14. The van der Waals surface area contributed by atoms with E-state index in [9.17, 15) is 4.79 Å². The topological polar surface area (TPSA) is 54.5 Å². The van der Waals surface area contributed by atoms with Gasteiger partial charge in [0.05, 0.1) is 28.8 Å². The number of thiazole rings is 1. The summed E-state index contributed by atoms with van der Waals surface area (Å²) in [5.41, 5.74) is 0. The largest absolute Gasteiger partial charge is 0.378 e. The normalized spacial score (nSPS) is 16.2. The fourth-order valence-corrected chi connectivity index (χ4v) is 3.08. The van der Waals surface area contributed by atoms with Crippen molar-refractivity contribution in [1.29, 1.82) is 0 Å². The zero-order chi connectivity index (χ0) is 12.1. The molecule has 0 aliphatic carbocycles.